The normalized spacial score (nSPS) is 19.9. The standard InChI is InChI=1S/C14H20FN3O3S.HI/c1-2-16-14(18-11-5-6-22(20,21)9-11)17-8-10-3-4-13(19)12(15)7-10;/h3-4,7,11,19H,2,5-6,8-9H2,1H3,(H2,16,17,18);1H. The second-order valence-electron chi connectivity index (χ2n) is 5.23. The lowest BCUT2D eigenvalue weighted by Gasteiger charge is -2.15. The molecule has 23 heavy (non-hydrogen) atoms. The van der Waals surface area contributed by atoms with E-state index in [9.17, 15) is 12.8 Å². The van der Waals surface area contributed by atoms with E-state index >= 15 is 0 Å². The first-order valence-electron chi connectivity index (χ1n) is 7.12. The van der Waals surface area contributed by atoms with Gasteiger partial charge in [-0.3, -0.25) is 0 Å². The molecule has 1 fully saturated rings. The highest BCUT2D eigenvalue weighted by Crippen LogP contribution is 2.16. The minimum absolute atomic E-state index is 0. The van der Waals surface area contributed by atoms with Crippen molar-refractivity contribution < 1.29 is 17.9 Å². The first kappa shape index (κ1) is 19.9. The lowest BCUT2D eigenvalue weighted by Crippen LogP contribution is -2.44. The second-order valence-corrected chi connectivity index (χ2v) is 7.45. The third-order valence-electron chi connectivity index (χ3n) is 3.35. The van der Waals surface area contributed by atoms with Crippen molar-refractivity contribution in [1.29, 1.82) is 0 Å². The summed E-state index contributed by atoms with van der Waals surface area (Å²) in [6.07, 6.45) is 0.556. The van der Waals surface area contributed by atoms with Crippen LogP contribution in [0.2, 0.25) is 0 Å². The first-order chi connectivity index (χ1) is 10.4. The van der Waals surface area contributed by atoms with E-state index in [0.717, 1.165) is 0 Å². The van der Waals surface area contributed by atoms with Crippen LogP contribution in [-0.4, -0.2) is 43.6 Å². The molecule has 1 aliphatic heterocycles. The van der Waals surface area contributed by atoms with Crippen LogP contribution < -0.4 is 10.6 Å². The number of nitrogens with zero attached hydrogens (tertiary/aromatic N) is 1. The summed E-state index contributed by atoms with van der Waals surface area (Å²) in [6.45, 7) is 2.77. The Morgan fingerprint density at radius 2 is 2.22 bits per heavy atom. The summed E-state index contributed by atoms with van der Waals surface area (Å²) in [6, 6.07) is 3.94. The van der Waals surface area contributed by atoms with E-state index in [2.05, 4.69) is 15.6 Å². The van der Waals surface area contributed by atoms with Crippen molar-refractivity contribution in [1.82, 2.24) is 10.6 Å². The van der Waals surface area contributed by atoms with Crippen molar-refractivity contribution in [3.63, 3.8) is 0 Å². The second kappa shape index (κ2) is 8.67. The zero-order valence-electron chi connectivity index (χ0n) is 12.8. The van der Waals surface area contributed by atoms with Gasteiger partial charge < -0.3 is 15.7 Å². The van der Waals surface area contributed by atoms with E-state index in [0.29, 0.717) is 24.5 Å². The monoisotopic (exact) mass is 457 g/mol. The largest absolute Gasteiger partial charge is 0.505 e. The number of phenols is 1. The maximum absolute atomic E-state index is 13.3. The average molecular weight is 457 g/mol. The van der Waals surface area contributed by atoms with Crippen molar-refractivity contribution in [2.75, 3.05) is 18.1 Å². The molecule has 0 saturated carbocycles. The SMILES string of the molecule is CCNC(=NCc1ccc(O)c(F)c1)NC1CCS(=O)(=O)C1.I. The lowest BCUT2D eigenvalue weighted by atomic mass is 10.2. The molecule has 1 aromatic carbocycles. The summed E-state index contributed by atoms with van der Waals surface area (Å²) in [4.78, 5) is 4.32. The average Bonchev–Trinajstić information content (AvgIpc) is 2.79. The van der Waals surface area contributed by atoms with Gasteiger partial charge in [-0.15, -0.1) is 24.0 Å². The molecule has 9 heteroatoms. The van der Waals surface area contributed by atoms with E-state index in [-0.39, 0.29) is 48.1 Å². The number of halogens is 2. The Morgan fingerprint density at radius 1 is 1.48 bits per heavy atom. The number of sulfone groups is 1. The molecule has 130 valence electrons. The van der Waals surface area contributed by atoms with Gasteiger partial charge in [-0.05, 0) is 31.0 Å². The molecule has 0 aromatic heterocycles. The van der Waals surface area contributed by atoms with E-state index in [1.165, 1.54) is 12.1 Å². The fourth-order valence-corrected chi connectivity index (χ4v) is 3.91. The zero-order chi connectivity index (χ0) is 16.2. The van der Waals surface area contributed by atoms with Crippen LogP contribution in [0.4, 0.5) is 4.39 Å². The Kier molecular flexibility index (Phi) is 7.52. The number of benzene rings is 1. The number of hydrogen-bond acceptors (Lipinski definition) is 4. The Balaban J connectivity index is 0.00000264. The van der Waals surface area contributed by atoms with Crippen molar-refractivity contribution in [3.05, 3.63) is 29.6 Å². The third-order valence-corrected chi connectivity index (χ3v) is 5.12. The van der Waals surface area contributed by atoms with Crippen molar-refractivity contribution in [3.8, 4) is 5.75 Å². The van der Waals surface area contributed by atoms with Gasteiger partial charge in [0.1, 0.15) is 0 Å². The molecule has 0 spiro atoms. The Hall–Kier alpha value is -1.10. The topological polar surface area (TPSA) is 90.8 Å². The molecule has 1 atom stereocenters. The van der Waals surface area contributed by atoms with Gasteiger partial charge in [-0.2, -0.15) is 0 Å². The predicted molar refractivity (Wildman–Crippen MR) is 98.5 cm³/mol. The number of aliphatic imine (C=N–C) groups is 1. The van der Waals surface area contributed by atoms with Crippen LogP contribution in [0, 0.1) is 5.82 Å². The molecule has 0 aliphatic carbocycles. The molecule has 0 bridgehead atoms. The molecule has 1 aromatic rings. The zero-order valence-corrected chi connectivity index (χ0v) is 15.9. The molecule has 0 radical (unpaired) electrons. The van der Waals surface area contributed by atoms with Gasteiger partial charge >= 0.3 is 0 Å². The van der Waals surface area contributed by atoms with Gasteiger partial charge in [0.2, 0.25) is 0 Å². The van der Waals surface area contributed by atoms with Gasteiger partial charge in [-0.1, -0.05) is 6.07 Å². The van der Waals surface area contributed by atoms with Gasteiger partial charge in [0.05, 0.1) is 18.1 Å². The van der Waals surface area contributed by atoms with E-state index in [1.807, 2.05) is 6.92 Å². The van der Waals surface area contributed by atoms with Crippen molar-refractivity contribution in [2.45, 2.75) is 25.9 Å². The maximum atomic E-state index is 13.3. The predicted octanol–water partition coefficient (Wildman–Crippen LogP) is 1.39. The van der Waals surface area contributed by atoms with Crippen LogP contribution in [0.25, 0.3) is 0 Å². The summed E-state index contributed by atoms with van der Waals surface area (Å²) in [5, 5.41) is 15.3. The first-order valence-corrected chi connectivity index (χ1v) is 8.94. The van der Waals surface area contributed by atoms with E-state index < -0.39 is 21.4 Å². The summed E-state index contributed by atoms with van der Waals surface area (Å²) in [7, 11) is -2.96. The number of rotatable bonds is 4. The number of guanidine groups is 1. The van der Waals surface area contributed by atoms with Crippen LogP contribution in [0.1, 0.15) is 18.9 Å². The molecule has 1 saturated heterocycles. The number of nitrogens with one attached hydrogen (secondary N) is 2. The molecule has 2 rings (SSSR count). The Bertz CT molecular complexity index is 667. The van der Waals surface area contributed by atoms with Crippen molar-refractivity contribution >= 4 is 39.8 Å². The minimum atomic E-state index is -2.96. The van der Waals surface area contributed by atoms with Gasteiger partial charge in [-0.25, -0.2) is 17.8 Å². The molecular formula is C14H21FIN3O3S. The summed E-state index contributed by atoms with van der Waals surface area (Å²) in [5.41, 5.74) is 0.617. The van der Waals surface area contributed by atoms with Crippen LogP contribution >= 0.6 is 24.0 Å². The Morgan fingerprint density at radius 3 is 2.78 bits per heavy atom. The molecule has 6 nitrogen and oxygen atoms in total. The summed E-state index contributed by atoms with van der Waals surface area (Å²) < 4.78 is 36.2. The van der Waals surface area contributed by atoms with Gasteiger partial charge in [0.25, 0.3) is 0 Å². The third kappa shape index (κ3) is 6.13. The number of aromatic hydroxyl groups is 1. The van der Waals surface area contributed by atoms with E-state index in [4.69, 9.17) is 5.11 Å². The lowest BCUT2D eigenvalue weighted by molar-refractivity contribution is 0.432. The fraction of sp³-hybridized carbons (Fsp3) is 0.500. The van der Waals surface area contributed by atoms with Crippen LogP contribution in [0.15, 0.2) is 23.2 Å². The Labute approximate surface area is 152 Å². The number of phenolic OH excluding ortho intramolecular Hbond substituents is 1. The quantitative estimate of drug-likeness (QED) is 0.361. The van der Waals surface area contributed by atoms with Crippen molar-refractivity contribution in [2.24, 2.45) is 4.99 Å². The molecule has 0 amide bonds. The molecule has 1 heterocycles. The highest BCUT2D eigenvalue weighted by Gasteiger charge is 2.28. The van der Waals surface area contributed by atoms with Gasteiger partial charge in [0.15, 0.2) is 27.4 Å². The summed E-state index contributed by atoms with van der Waals surface area (Å²) in [5.74, 6) is -0.294. The molecular weight excluding hydrogens is 436 g/mol. The smallest absolute Gasteiger partial charge is 0.191 e. The highest BCUT2D eigenvalue weighted by molar-refractivity contribution is 14.0. The van der Waals surface area contributed by atoms with Gasteiger partial charge in [0, 0.05) is 12.6 Å². The maximum Gasteiger partial charge on any atom is 0.191 e. The molecule has 3 N–H and O–H groups in total. The molecule has 1 aliphatic rings. The van der Waals surface area contributed by atoms with Crippen LogP contribution in [0.5, 0.6) is 5.75 Å². The van der Waals surface area contributed by atoms with E-state index in [1.54, 1.807) is 6.07 Å². The number of hydrogen-bond donors (Lipinski definition) is 3. The van der Waals surface area contributed by atoms with Crippen LogP contribution in [0.3, 0.4) is 0 Å². The highest BCUT2D eigenvalue weighted by atomic mass is 127. The summed E-state index contributed by atoms with van der Waals surface area (Å²) >= 11 is 0. The van der Waals surface area contributed by atoms with Crippen LogP contribution in [-0.2, 0) is 16.4 Å². The fourth-order valence-electron chi connectivity index (χ4n) is 2.24. The minimum Gasteiger partial charge on any atom is -0.505 e. The molecule has 1 unspecified atom stereocenters.